The van der Waals surface area contributed by atoms with E-state index in [4.69, 9.17) is 0 Å². The van der Waals surface area contributed by atoms with E-state index < -0.39 is 0 Å². The summed E-state index contributed by atoms with van der Waals surface area (Å²) in [7, 11) is 5.95. The molecule has 118 valence electrons. The van der Waals surface area contributed by atoms with Gasteiger partial charge in [0.05, 0.1) is 4.92 Å². The Morgan fingerprint density at radius 1 is 1.24 bits per heavy atom. The van der Waals surface area contributed by atoms with E-state index in [1.165, 1.54) is 0 Å². The Bertz CT molecular complexity index is 463. The van der Waals surface area contributed by atoms with Crippen LogP contribution in [-0.4, -0.2) is 55.5 Å². The highest BCUT2D eigenvalue weighted by atomic mass is 16.6. The molecule has 6 nitrogen and oxygen atoms in total. The summed E-state index contributed by atoms with van der Waals surface area (Å²) in [6, 6.07) is 4.99. The number of hydrogen-bond donors (Lipinski definition) is 1. The molecule has 0 aliphatic rings. The van der Waals surface area contributed by atoms with Crippen molar-refractivity contribution in [2.45, 2.75) is 19.9 Å². The van der Waals surface area contributed by atoms with Crippen LogP contribution in [0.1, 0.15) is 18.9 Å². The van der Waals surface area contributed by atoms with Gasteiger partial charge in [-0.1, -0.05) is 6.92 Å². The molecule has 1 N–H and O–H groups in total. The zero-order valence-electron chi connectivity index (χ0n) is 13.4. The summed E-state index contributed by atoms with van der Waals surface area (Å²) >= 11 is 0. The summed E-state index contributed by atoms with van der Waals surface area (Å²) in [5.41, 5.74) is 2.07. The molecule has 0 atom stereocenters. The first-order chi connectivity index (χ1) is 9.97. The molecule has 0 aliphatic heterocycles. The standard InChI is InChI=1S/C15H26N4O2/c1-5-8-18(10-9-17(3)4)12-13-11-14(19(20)21)6-7-15(13)16-2/h6-7,11,16H,5,8-10,12H2,1-4H3. The van der Waals surface area contributed by atoms with Gasteiger partial charge in [-0.05, 0) is 38.7 Å². The van der Waals surface area contributed by atoms with E-state index in [0.717, 1.165) is 43.9 Å². The highest BCUT2D eigenvalue weighted by Crippen LogP contribution is 2.23. The van der Waals surface area contributed by atoms with Gasteiger partial charge in [0.15, 0.2) is 0 Å². The minimum absolute atomic E-state index is 0.146. The summed E-state index contributed by atoms with van der Waals surface area (Å²) in [6.07, 6.45) is 1.07. The molecule has 0 aromatic heterocycles. The second kappa shape index (κ2) is 8.59. The number of nitro benzene ring substituents is 1. The van der Waals surface area contributed by atoms with Gasteiger partial charge in [0, 0.05) is 44.5 Å². The predicted octanol–water partition coefficient (Wildman–Crippen LogP) is 2.41. The smallest absolute Gasteiger partial charge is 0.269 e. The van der Waals surface area contributed by atoms with Crippen LogP contribution in [-0.2, 0) is 6.54 Å². The van der Waals surface area contributed by atoms with E-state index in [2.05, 4.69) is 36.1 Å². The van der Waals surface area contributed by atoms with Crippen LogP contribution in [0.25, 0.3) is 0 Å². The fraction of sp³-hybridized carbons (Fsp3) is 0.600. The van der Waals surface area contributed by atoms with E-state index in [0.29, 0.717) is 0 Å². The first kappa shape index (κ1) is 17.4. The summed E-state index contributed by atoms with van der Waals surface area (Å²) in [4.78, 5) is 15.1. The molecule has 0 saturated heterocycles. The van der Waals surface area contributed by atoms with Crippen molar-refractivity contribution >= 4 is 11.4 Å². The first-order valence-electron chi connectivity index (χ1n) is 7.30. The van der Waals surface area contributed by atoms with Gasteiger partial charge in [-0.15, -0.1) is 0 Å². The second-order valence-corrected chi connectivity index (χ2v) is 5.43. The van der Waals surface area contributed by atoms with Gasteiger partial charge in [-0.3, -0.25) is 15.0 Å². The third-order valence-electron chi connectivity index (χ3n) is 3.37. The fourth-order valence-corrected chi connectivity index (χ4v) is 2.24. The maximum Gasteiger partial charge on any atom is 0.269 e. The average molecular weight is 294 g/mol. The first-order valence-corrected chi connectivity index (χ1v) is 7.30. The molecule has 0 amide bonds. The van der Waals surface area contributed by atoms with E-state index in [1.807, 2.05) is 7.05 Å². The Balaban J connectivity index is 2.89. The van der Waals surface area contributed by atoms with Crippen molar-refractivity contribution in [3.05, 3.63) is 33.9 Å². The number of likely N-dealkylation sites (N-methyl/N-ethyl adjacent to an activating group) is 1. The average Bonchev–Trinajstić information content (AvgIpc) is 2.44. The normalized spacial score (nSPS) is 11.1. The topological polar surface area (TPSA) is 61.7 Å². The molecule has 0 unspecified atom stereocenters. The van der Waals surface area contributed by atoms with Gasteiger partial charge >= 0.3 is 0 Å². The van der Waals surface area contributed by atoms with Crippen LogP contribution in [0.5, 0.6) is 0 Å². The van der Waals surface area contributed by atoms with Crippen LogP contribution >= 0.6 is 0 Å². The monoisotopic (exact) mass is 294 g/mol. The Labute approximate surface area is 126 Å². The maximum atomic E-state index is 10.9. The Hall–Kier alpha value is -1.66. The zero-order valence-corrected chi connectivity index (χ0v) is 13.4. The van der Waals surface area contributed by atoms with Crippen LogP contribution in [0.3, 0.4) is 0 Å². The molecule has 21 heavy (non-hydrogen) atoms. The molecular formula is C15H26N4O2. The van der Waals surface area contributed by atoms with Crippen molar-refractivity contribution in [1.29, 1.82) is 0 Å². The highest BCUT2D eigenvalue weighted by molar-refractivity contribution is 5.55. The number of nitrogens with one attached hydrogen (secondary N) is 1. The molecule has 1 aromatic rings. The number of non-ortho nitro benzene ring substituents is 1. The minimum Gasteiger partial charge on any atom is -0.388 e. The van der Waals surface area contributed by atoms with E-state index in [-0.39, 0.29) is 10.6 Å². The lowest BCUT2D eigenvalue weighted by molar-refractivity contribution is -0.384. The van der Waals surface area contributed by atoms with Crippen LogP contribution in [0, 0.1) is 10.1 Å². The number of anilines is 1. The van der Waals surface area contributed by atoms with Crippen LogP contribution < -0.4 is 5.32 Å². The molecular weight excluding hydrogens is 268 g/mol. The van der Waals surface area contributed by atoms with Crippen molar-refractivity contribution in [1.82, 2.24) is 9.80 Å². The quantitative estimate of drug-likeness (QED) is 0.560. The number of nitro groups is 1. The van der Waals surface area contributed by atoms with Gasteiger partial charge < -0.3 is 10.2 Å². The largest absolute Gasteiger partial charge is 0.388 e. The van der Waals surface area contributed by atoms with Gasteiger partial charge in [-0.25, -0.2) is 0 Å². The fourth-order valence-electron chi connectivity index (χ4n) is 2.24. The van der Waals surface area contributed by atoms with Crippen LogP contribution in [0.15, 0.2) is 18.2 Å². The molecule has 0 saturated carbocycles. The Morgan fingerprint density at radius 3 is 2.48 bits per heavy atom. The highest BCUT2D eigenvalue weighted by Gasteiger charge is 2.13. The molecule has 0 spiro atoms. The summed E-state index contributed by atoms with van der Waals surface area (Å²) < 4.78 is 0. The Kier molecular flexibility index (Phi) is 7.11. The third-order valence-corrected chi connectivity index (χ3v) is 3.37. The molecule has 1 aromatic carbocycles. The summed E-state index contributed by atoms with van der Waals surface area (Å²) in [5.74, 6) is 0. The minimum atomic E-state index is -0.340. The maximum absolute atomic E-state index is 10.9. The molecule has 0 bridgehead atoms. The predicted molar refractivity (Wildman–Crippen MR) is 86.8 cm³/mol. The van der Waals surface area contributed by atoms with Crippen molar-refractivity contribution in [3.8, 4) is 0 Å². The van der Waals surface area contributed by atoms with E-state index in [1.54, 1.807) is 18.2 Å². The van der Waals surface area contributed by atoms with E-state index in [9.17, 15) is 10.1 Å². The van der Waals surface area contributed by atoms with Gasteiger partial charge in [0.25, 0.3) is 5.69 Å². The van der Waals surface area contributed by atoms with Gasteiger partial charge in [0.1, 0.15) is 0 Å². The number of hydrogen-bond acceptors (Lipinski definition) is 5. The molecule has 0 radical (unpaired) electrons. The third kappa shape index (κ3) is 5.69. The zero-order chi connectivity index (χ0) is 15.8. The molecule has 6 heteroatoms. The Morgan fingerprint density at radius 2 is 1.95 bits per heavy atom. The SMILES string of the molecule is CCCN(CCN(C)C)Cc1cc([N+](=O)[O-])ccc1NC. The van der Waals surface area contributed by atoms with Crippen molar-refractivity contribution in [2.24, 2.45) is 0 Å². The van der Waals surface area contributed by atoms with E-state index >= 15 is 0 Å². The number of benzene rings is 1. The van der Waals surface area contributed by atoms with Gasteiger partial charge in [0.2, 0.25) is 0 Å². The lowest BCUT2D eigenvalue weighted by atomic mass is 10.1. The summed E-state index contributed by atoms with van der Waals surface area (Å²) in [5, 5.41) is 14.1. The number of rotatable bonds is 9. The molecule has 0 heterocycles. The molecule has 0 aliphatic carbocycles. The second-order valence-electron chi connectivity index (χ2n) is 5.43. The van der Waals surface area contributed by atoms with Crippen LogP contribution in [0.2, 0.25) is 0 Å². The molecule has 1 rings (SSSR count). The lowest BCUT2D eigenvalue weighted by Gasteiger charge is -2.24. The van der Waals surface area contributed by atoms with Crippen molar-refractivity contribution < 1.29 is 4.92 Å². The van der Waals surface area contributed by atoms with Crippen LogP contribution in [0.4, 0.5) is 11.4 Å². The molecule has 0 fully saturated rings. The van der Waals surface area contributed by atoms with Crippen molar-refractivity contribution in [3.63, 3.8) is 0 Å². The summed E-state index contributed by atoms with van der Waals surface area (Å²) in [6.45, 7) is 5.78. The van der Waals surface area contributed by atoms with Crippen molar-refractivity contribution in [2.75, 3.05) is 46.1 Å². The van der Waals surface area contributed by atoms with Gasteiger partial charge in [-0.2, -0.15) is 0 Å². The number of nitrogens with zero attached hydrogens (tertiary/aromatic N) is 3. The lowest BCUT2D eigenvalue weighted by Crippen LogP contribution is -2.32.